The topological polar surface area (TPSA) is 66.4 Å². The maximum absolute atomic E-state index is 12.0. The van der Waals surface area contributed by atoms with Gasteiger partial charge in [0.15, 0.2) is 0 Å². The van der Waals surface area contributed by atoms with E-state index >= 15 is 0 Å². The van der Waals surface area contributed by atoms with Gasteiger partial charge in [-0.3, -0.25) is 0 Å². The summed E-state index contributed by atoms with van der Waals surface area (Å²) in [6.45, 7) is 6.22. The molecule has 1 atom stereocenters. The number of hydrogen-bond donors (Lipinski definition) is 2. The highest BCUT2D eigenvalue weighted by Gasteiger charge is 2.13. The van der Waals surface area contributed by atoms with Crippen LogP contribution in [0.15, 0.2) is 29.2 Å². The zero-order valence-electron chi connectivity index (χ0n) is 12.5. The van der Waals surface area contributed by atoms with Crippen LogP contribution in [0.2, 0.25) is 0 Å². The summed E-state index contributed by atoms with van der Waals surface area (Å²) < 4.78 is 26.5. The molecule has 4 nitrogen and oxygen atoms in total. The molecule has 0 spiro atoms. The fourth-order valence-electron chi connectivity index (χ4n) is 1.78. The van der Waals surface area contributed by atoms with Crippen LogP contribution in [-0.2, 0) is 16.4 Å². The highest BCUT2D eigenvalue weighted by molar-refractivity contribution is 7.89. The summed E-state index contributed by atoms with van der Waals surface area (Å²) in [5, 5.41) is 9.13. The van der Waals surface area contributed by atoms with Crippen molar-refractivity contribution in [3.8, 4) is 0 Å². The number of benzene rings is 1. The van der Waals surface area contributed by atoms with Crippen LogP contribution in [0.4, 0.5) is 0 Å². The highest BCUT2D eigenvalue weighted by atomic mass is 32.2. The van der Waals surface area contributed by atoms with Crippen molar-refractivity contribution in [2.75, 3.05) is 6.54 Å². The second kappa shape index (κ2) is 7.76. The minimum absolute atomic E-state index is 0.245. The first-order valence-electron chi connectivity index (χ1n) is 7.08. The molecule has 0 heterocycles. The third-order valence-electron chi connectivity index (χ3n) is 3.10. The van der Waals surface area contributed by atoms with Crippen LogP contribution in [0, 0.1) is 5.92 Å². The first kappa shape index (κ1) is 17.1. The average molecular weight is 299 g/mol. The molecule has 0 bridgehead atoms. The number of hydrogen-bond acceptors (Lipinski definition) is 3. The number of rotatable bonds is 8. The Kier molecular flexibility index (Phi) is 6.65. The zero-order valence-corrected chi connectivity index (χ0v) is 13.3. The molecule has 0 aliphatic heterocycles. The molecule has 114 valence electrons. The smallest absolute Gasteiger partial charge is 0.240 e. The van der Waals surface area contributed by atoms with Crippen molar-refractivity contribution in [3.05, 3.63) is 29.8 Å². The lowest BCUT2D eigenvalue weighted by atomic mass is 10.0. The molecule has 0 aliphatic carbocycles. The molecular weight excluding hydrogens is 274 g/mol. The molecule has 0 saturated heterocycles. The minimum Gasteiger partial charge on any atom is -0.393 e. The molecule has 1 aromatic carbocycles. The van der Waals surface area contributed by atoms with Gasteiger partial charge >= 0.3 is 0 Å². The normalized spacial score (nSPS) is 13.7. The number of aryl methyl sites for hydroxylation is 1. The molecule has 0 amide bonds. The maximum Gasteiger partial charge on any atom is 0.240 e. The van der Waals surface area contributed by atoms with E-state index < -0.39 is 16.1 Å². The van der Waals surface area contributed by atoms with Crippen LogP contribution in [0.1, 0.15) is 39.2 Å². The van der Waals surface area contributed by atoms with Gasteiger partial charge in [0.25, 0.3) is 0 Å². The second-order valence-electron chi connectivity index (χ2n) is 5.61. The summed E-state index contributed by atoms with van der Waals surface area (Å²) in [6, 6.07) is 7.01. The van der Waals surface area contributed by atoms with E-state index in [1.54, 1.807) is 19.1 Å². The molecule has 0 saturated carbocycles. The van der Waals surface area contributed by atoms with Gasteiger partial charge in [-0.2, -0.15) is 0 Å². The molecule has 0 aromatic heterocycles. The lowest BCUT2D eigenvalue weighted by Gasteiger charge is -2.09. The van der Waals surface area contributed by atoms with E-state index in [0.29, 0.717) is 12.3 Å². The van der Waals surface area contributed by atoms with E-state index in [-0.39, 0.29) is 11.4 Å². The standard InChI is InChI=1S/C15H25NO3S/c1-12(2)4-5-14-6-8-15(9-7-14)20(18,19)16-11-10-13(3)17/h6-9,12-13,16-17H,4-5,10-11H2,1-3H3. The molecular formula is C15H25NO3S. The lowest BCUT2D eigenvalue weighted by molar-refractivity contribution is 0.186. The van der Waals surface area contributed by atoms with Gasteiger partial charge in [-0.1, -0.05) is 26.0 Å². The summed E-state index contributed by atoms with van der Waals surface area (Å²) in [7, 11) is -3.47. The molecule has 2 N–H and O–H groups in total. The van der Waals surface area contributed by atoms with Gasteiger partial charge in [0.1, 0.15) is 0 Å². The third-order valence-corrected chi connectivity index (χ3v) is 4.58. The zero-order chi connectivity index (χ0) is 15.2. The van der Waals surface area contributed by atoms with E-state index in [2.05, 4.69) is 18.6 Å². The van der Waals surface area contributed by atoms with Crippen LogP contribution < -0.4 is 4.72 Å². The summed E-state index contributed by atoms with van der Waals surface area (Å²) in [4.78, 5) is 0.274. The second-order valence-corrected chi connectivity index (χ2v) is 7.38. The Hall–Kier alpha value is -0.910. The number of aliphatic hydroxyl groups excluding tert-OH is 1. The van der Waals surface area contributed by atoms with Crippen molar-refractivity contribution < 1.29 is 13.5 Å². The van der Waals surface area contributed by atoms with Gasteiger partial charge in [-0.25, -0.2) is 13.1 Å². The molecule has 0 fully saturated rings. The molecule has 5 heteroatoms. The summed E-state index contributed by atoms with van der Waals surface area (Å²) >= 11 is 0. The predicted octanol–water partition coefficient (Wildman–Crippen LogP) is 2.32. The largest absolute Gasteiger partial charge is 0.393 e. The lowest BCUT2D eigenvalue weighted by Crippen LogP contribution is -2.26. The fourth-order valence-corrected chi connectivity index (χ4v) is 2.82. The van der Waals surface area contributed by atoms with Crippen LogP contribution in [0.3, 0.4) is 0 Å². The van der Waals surface area contributed by atoms with Crippen molar-refractivity contribution in [1.29, 1.82) is 0 Å². The summed E-state index contributed by atoms with van der Waals surface area (Å²) in [6.07, 6.45) is 1.97. The predicted molar refractivity (Wildman–Crippen MR) is 81.1 cm³/mol. The van der Waals surface area contributed by atoms with Crippen LogP contribution in [0.5, 0.6) is 0 Å². The highest BCUT2D eigenvalue weighted by Crippen LogP contribution is 2.13. The van der Waals surface area contributed by atoms with Crippen LogP contribution in [0.25, 0.3) is 0 Å². The Balaban J connectivity index is 2.62. The minimum atomic E-state index is -3.47. The first-order chi connectivity index (χ1) is 9.31. The Labute approximate surface area is 122 Å². The number of aliphatic hydroxyl groups is 1. The molecule has 20 heavy (non-hydrogen) atoms. The maximum atomic E-state index is 12.0. The average Bonchev–Trinajstić information content (AvgIpc) is 2.36. The van der Waals surface area contributed by atoms with Gasteiger partial charge in [-0.05, 0) is 49.8 Å². The summed E-state index contributed by atoms with van der Waals surface area (Å²) in [5.74, 6) is 0.639. The van der Waals surface area contributed by atoms with Crippen molar-refractivity contribution in [2.45, 2.75) is 51.0 Å². The van der Waals surface area contributed by atoms with Crippen molar-refractivity contribution >= 4 is 10.0 Å². The Bertz CT molecular complexity index is 492. The van der Waals surface area contributed by atoms with E-state index in [9.17, 15) is 8.42 Å². The fraction of sp³-hybridized carbons (Fsp3) is 0.600. The number of nitrogens with one attached hydrogen (secondary N) is 1. The third kappa shape index (κ3) is 6.03. The SMILES string of the molecule is CC(C)CCc1ccc(S(=O)(=O)NCCC(C)O)cc1. The molecule has 0 radical (unpaired) electrons. The van der Waals surface area contributed by atoms with Crippen LogP contribution in [-0.4, -0.2) is 26.2 Å². The van der Waals surface area contributed by atoms with E-state index in [4.69, 9.17) is 5.11 Å². The Morgan fingerprint density at radius 3 is 2.20 bits per heavy atom. The summed E-state index contributed by atoms with van der Waals surface area (Å²) in [5.41, 5.74) is 1.15. The molecule has 1 rings (SSSR count). The first-order valence-corrected chi connectivity index (χ1v) is 8.56. The van der Waals surface area contributed by atoms with Gasteiger partial charge in [0.2, 0.25) is 10.0 Å². The van der Waals surface area contributed by atoms with Gasteiger partial charge in [0.05, 0.1) is 11.0 Å². The quantitative estimate of drug-likeness (QED) is 0.774. The Morgan fingerprint density at radius 1 is 1.10 bits per heavy atom. The molecule has 0 aliphatic rings. The monoisotopic (exact) mass is 299 g/mol. The van der Waals surface area contributed by atoms with Gasteiger partial charge in [0, 0.05) is 6.54 Å². The van der Waals surface area contributed by atoms with Crippen molar-refractivity contribution in [2.24, 2.45) is 5.92 Å². The van der Waals surface area contributed by atoms with Crippen molar-refractivity contribution in [1.82, 2.24) is 4.72 Å². The van der Waals surface area contributed by atoms with Gasteiger partial charge < -0.3 is 5.11 Å². The van der Waals surface area contributed by atoms with E-state index in [1.165, 1.54) is 0 Å². The van der Waals surface area contributed by atoms with Crippen LogP contribution >= 0.6 is 0 Å². The molecule has 1 unspecified atom stereocenters. The van der Waals surface area contributed by atoms with Gasteiger partial charge in [-0.15, -0.1) is 0 Å². The van der Waals surface area contributed by atoms with E-state index in [1.807, 2.05) is 12.1 Å². The van der Waals surface area contributed by atoms with E-state index in [0.717, 1.165) is 18.4 Å². The Morgan fingerprint density at radius 2 is 1.70 bits per heavy atom. The number of sulfonamides is 1. The van der Waals surface area contributed by atoms with Crippen molar-refractivity contribution in [3.63, 3.8) is 0 Å². The molecule has 1 aromatic rings.